The molecule has 14 heavy (non-hydrogen) atoms. The summed E-state index contributed by atoms with van der Waals surface area (Å²) in [4.78, 5) is 3.93. The van der Waals surface area contributed by atoms with Crippen LogP contribution in [0.2, 0.25) is 0 Å². The van der Waals surface area contributed by atoms with Crippen LogP contribution in [-0.4, -0.2) is 9.66 Å². The first kappa shape index (κ1) is 10.6. The van der Waals surface area contributed by atoms with Gasteiger partial charge in [-0.15, -0.1) is 12.4 Å². The molecule has 0 aliphatic rings. The number of hydrogen-bond donors (Lipinski definition) is 1. The zero-order valence-corrected chi connectivity index (χ0v) is 8.45. The first-order valence-corrected chi connectivity index (χ1v) is 4.21. The van der Waals surface area contributed by atoms with E-state index < -0.39 is 0 Å². The molecule has 0 unspecified atom stereocenters. The Labute approximate surface area is 89.2 Å². The number of benzene rings is 1. The third kappa shape index (κ3) is 2.78. The van der Waals surface area contributed by atoms with E-state index >= 15 is 0 Å². The van der Waals surface area contributed by atoms with E-state index in [1.54, 1.807) is 12.5 Å². The van der Waals surface area contributed by atoms with E-state index in [1.165, 1.54) is 5.56 Å². The van der Waals surface area contributed by atoms with Gasteiger partial charge in [0.05, 0.1) is 6.54 Å². The van der Waals surface area contributed by atoms with Crippen LogP contribution in [0.4, 0.5) is 0 Å². The minimum absolute atomic E-state index is 0. The molecule has 3 nitrogen and oxygen atoms in total. The van der Waals surface area contributed by atoms with Crippen LogP contribution >= 0.6 is 12.4 Å². The van der Waals surface area contributed by atoms with Gasteiger partial charge in [-0.25, -0.2) is 4.98 Å². The molecule has 0 amide bonds. The van der Waals surface area contributed by atoms with E-state index in [1.807, 2.05) is 29.1 Å². The van der Waals surface area contributed by atoms with Crippen LogP contribution in [0, 0.1) is 0 Å². The number of hydrogen-bond acceptors (Lipinski definition) is 2. The van der Waals surface area contributed by atoms with Crippen molar-refractivity contribution in [2.24, 2.45) is 0 Å². The molecule has 2 rings (SSSR count). The Hall–Kier alpha value is -1.48. The van der Waals surface area contributed by atoms with Gasteiger partial charge in [0.2, 0.25) is 0 Å². The Kier molecular flexibility index (Phi) is 4.01. The molecule has 0 bridgehead atoms. The average Bonchev–Trinajstić information content (AvgIpc) is 2.69. The van der Waals surface area contributed by atoms with Gasteiger partial charge in [0, 0.05) is 12.4 Å². The largest absolute Gasteiger partial charge is 0.321 e. The van der Waals surface area contributed by atoms with Crippen molar-refractivity contribution in [2.75, 3.05) is 5.43 Å². The summed E-state index contributed by atoms with van der Waals surface area (Å²) in [5.74, 6) is 0. The summed E-state index contributed by atoms with van der Waals surface area (Å²) < 4.78 is 1.84. The van der Waals surface area contributed by atoms with Crippen LogP contribution in [0.5, 0.6) is 0 Å². The predicted molar refractivity (Wildman–Crippen MR) is 59.0 cm³/mol. The fourth-order valence-electron chi connectivity index (χ4n) is 1.13. The number of rotatable bonds is 3. The first-order valence-electron chi connectivity index (χ1n) is 4.21. The monoisotopic (exact) mass is 209 g/mol. The second-order valence-corrected chi connectivity index (χ2v) is 2.79. The van der Waals surface area contributed by atoms with Gasteiger partial charge < -0.3 is 5.43 Å². The molecule has 1 aromatic carbocycles. The molecule has 1 N–H and O–H groups in total. The second kappa shape index (κ2) is 5.29. The highest BCUT2D eigenvalue weighted by atomic mass is 35.5. The van der Waals surface area contributed by atoms with Crippen LogP contribution in [0.25, 0.3) is 0 Å². The van der Waals surface area contributed by atoms with E-state index in [0.717, 1.165) is 6.54 Å². The van der Waals surface area contributed by atoms with Crippen molar-refractivity contribution in [3.05, 3.63) is 54.6 Å². The SMILES string of the molecule is Cl.c1ccc(CNn2ccnc2)cc1. The lowest BCUT2D eigenvalue weighted by molar-refractivity contribution is 0.838. The molecule has 4 heteroatoms. The van der Waals surface area contributed by atoms with Crippen molar-refractivity contribution in [1.82, 2.24) is 9.66 Å². The fourth-order valence-corrected chi connectivity index (χ4v) is 1.13. The van der Waals surface area contributed by atoms with Crippen molar-refractivity contribution >= 4 is 12.4 Å². The molecule has 0 aliphatic heterocycles. The second-order valence-electron chi connectivity index (χ2n) is 2.79. The highest BCUT2D eigenvalue weighted by Gasteiger charge is 1.89. The third-order valence-corrected chi connectivity index (χ3v) is 1.81. The van der Waals surface area contributed by atoms with Gasteiger partial charge >= 0.3 is 0 Å². The van der Waals surface area contributed by atoms with E-state index in [4.69, 9.17) is 0 Å². The van der Waals surface area contributed by atoms with E-state index in [9.17, 15) is 0 Å². The summed E-state index contributed by atoms with van der Waals surface area (Å²) in [5.41, 5.74) is 4.46. The van der Waals surface area contributed by atoms with Crippen LogP contribution in [0.15, 0.2) is 49.1 Å². The van der Waals surface area contributed by atoms with Crippen LogP contribution < -0.4 is 5.43 Å². The highest BCUT2D eigenvalue weighted by Crippen LogP contribution is 1.97. The lowest BCUT2D eigenvalue weighted by Gasteiger charge is -2.05. The molecule has 0 spiro atoms. The topological polar surface area (TPSA) is 29.9 Å². The summed E-state index contributed by atoms with van der Waals surface area (Å²) in [6.45, 7) is 0.817. The van der Waals surface area contributed by atoms with Gasteiger partial charge in [-0.3, -0.25) is 4.68 Å². The minimum Gasteiger partial charge on any atom is -0.321 e. The standard InChI is InChI=1S/C10H11N3.ClH/c1-2-4-10(5-3-1)8-12-13-7-6-11-9-13;/h1-7,9,12H,8H2;1H. The molecule has 1 heterocycles. The molecule has 0 atom stereocenters. The number of nitrogens with zero attached hydrogens (tertiary/aromatic N) is 2. The zero-order valence-electron chi connectivity index (χ0n) is 7.63. The van der Waals surface area contributed by atoms with Crippen LogP contribution in [-0.2, 0) is 6.54 Å². The Morgan fingerprint density at radius 3 is 2.64 bits per heavy atom. The van der Waals surface area contributed by atoms with Crippen LogP contribution in [0.3, 0.4) is 0 Å². The zero-order chi connectivity index (χ0) is 8.93. The molecular formula is C10H12ClN3. The van der Waals surface area contributed by atoms with Gasteiger partial charge in [0.1, 0.15) is 6.33 Å². The summed E-state index contributed by atoms with van der Waals surface area (Å²) in [6, 6.07) is 10.3. The fraction of sp³-hybridized carbons (Fsp3) is 0.100. The number of nitrogens with one attached hydrogen (secondary N) is 1. The average molecular weight is 210 g/mol. The quantitative estimate of drug-likeness (QED) is 0.839. The molecule has 0 radical (unpaired) electrons. The maximum absolute atomic E-state index is 3.93. The summed E-state index contributed by atoms with van der Waals surface area (Å²) in [5, 5.41) is 0. The van der Waals surface area contributed by atoms with E-state index in [0.29, 0.717) is 0 Å². The number of imidazole rings is 1. The first-order chi connectivity index (χ1) is 6.45. The maximum Gasteiger partial charge on any atom is 0.114 e. The Bertz CT molecular complexity index is 345. The molecule has 0 fully saturated rings. The molecule has 0 saturated heterocycles. The van der Waals surface area contributed by atoms with Crippen LogP contribution in [0.1, 0.15) is 5.56 Å². The number of halogens is 1. The lowest BCUT2D eigenvalue weighted by atomic mass is 10.2. The van der Waals surface area contributed by atoms with Gasteiger partial charge in [-0.2, -0.15) is 0 Å². The lowest BCUT2D eigenvalue weighted by Crippen LogP contribution is -2.11. The molecular weight excluding hydrogens is 198 g/mol. The Morgan fingerprint density at radius 1 is 1.21 bits per heavy atom. The molecule has 2 aromatic rings. The molecule has 74 valence electrons. The number of aromatic nitrogens is 2. The summed E-state index contributed by atoms with van der Waals surface area (Å²) in [7, 11) is 0. The van der Waals surface area contributed by atoms with Crippen molar-refractivity contribution in [3.8, 4) is 0 Å². The van der Waals surface area contributed by atoms with E-state index in [2.05, 4.69) is 22.5 Å². The van der Waals surface area contributed by atoms with Crippen molar-refractivity contribution in [2.45, 2.75) is 6.54 Å². The van der Waals surface area contributed by atoms with E-state index in [-0.39, 0.29) is 12.4 Å². The van der Waals surface area contributed by atoms with Gasteiger partial charge in [0.15, 0.2) is 0 Å². The van der Waals surface area contributed by atoms with Crippen molar-refractivity contribution in [3.63, 3.8) is 0 Å². The smallest absolute Gasteiger partial charge is 0.114 e. The predicted octanol–water partition coefficient (Wildman–Crippen LogP) is 2.05. The summed E-state index contributed by atoms with van der Waals surface area (Å²) >= 11 is 0. The molecule has 1 aromatic heterocycles. The normalized spacial score (nSPS) is 9.14. The summed E-state index contributed by atoms with van der Waals surface area (Å²) in [6.07, 6.45) is 5.36. The van der Waals surface area contributed by atoms with Gasteiger partial charge in [0.25, 0.3) is 0 Å². The minimum atomic E-state index is 0. The Balaban J connectivity index is 0.000000980. The third-order valence-electron chi connectivity index (χ3n) is 1.81. The van der Waals surface area contributed by atoms with Gasteiger partial charge in [-0.05, 0) is 5.56 Å². The van der Waals surface area contributed by atoms with Gasteiger partial charge in [-0.1, -0.05) is 30.3 Å². The highest BCUT2D eigenvalue weighted by molar-refractivity contribution is 5.85. The molecule has 0 saturated carbocycles. The van der Waals surface area contributed by atoms with Crippen molar-refractivity contribution in [1.29, 1.82) is 0 Å². The maximum atomic E-state index is 3.93. The molecule has 0 aliphatic carbocycles. The van der Waals surface area contributed by atoms with Crippen molar-refractivity contribution < 1.29 is 0 Å². The Morgan fingerprint density at radius 2 is 2.00 bits per heavy atom.